The first-order chi connectivity index (χ1) is 9.97. The van der Waals surface area contributed by atoms with Crippen molar-refractivity contribution in [2.75, 3.05) is 43.3 Å². The number of carbonyl (C=O) groups excluding carboxylic acids is 1. The minimum Gasteiger partial charge on any atom is -0.378 e. The van der Waals surface area contributed by atoms with E-state index in [0.29, 0.717) is 5.56 Å². The molecule has 0 radical (unpaired) electrons. The molecule has 1 amide bonds. The van der Waals surface area contributed by atoms with Gasteiger partial charge in [0.1, 0.15) is 5.82 Å². The van der Waals surface area contributed by atoms with Gasteiger partial charge in [-0.25, -0.2) is 4.98 Å². The molecule has 2 rings (SSSR count). The highest BCUT2D eigenvalue weighted by molar-refractivity contribution is 6.04. The first-order valence-electron chi connectivity index (χ1n) is 6.69. The van der Waals surface area contributed by atoms with Crippen molar-refractivity contribution in [1.82, 2.24) is 4.98 Å². The Morgan fingerprint density at radius 1 is 1.05 bits per heavy atom. The number of aromatic nitrogens is 1. The van der Waals surface area contributed by atoms with Crippen molar-refractivity contribution in [1.29, 1.82) is 0 Å². The van der Waals surface area contributed by atoms with Gasteiger partial charge in [0.15, 0.2) is 0 Å². The first kappa shape index (κ1) is 14.8. The van der Waals surface area contributed by atoms with Crippen LogP contribution in [0, 0.1) is 0 Å². The molecule has 2 aromatic rings. The van der Waals surface area contributed by atoms with Crippen molar-refractivity contribution in [2.24, 2.45) is 0 Å². The standard InChI is InChI=1S/C16H20N4O/c1-19(2)14-7-5-6-13(10-14)18-16(21)12-8-9-15(17-11-12)20(3)4/h5-11H,1-4H3,(H,18,21). The summed E-state index contributed by atoms with van der Waals surface area (Å²) in [5.41, 5.74) is 2.34. The van der Waals surface area contributed by atoms with Crippen LogP contribution in [0.15, 0.2) is 42.6 Å². The summed E-state index contributed by atoms with van der Waals surface area (Å²) in [5.74, 6) is 0.657. The fourth-order valence-corrected chi connectivity index (χ4v) is 1.85. The lowest BCUT2D eigenvalue weighted by Gasteiger charge is -2.14. The van der Waals surface area contributed by atoms with Crippen LogP contribution in [0.25, 0.3) is 0 Å². The maximum atomic E-state index is 12.2. The number of hydrogen-bond acceptors (Lipinski definition) is 4. The number of benzene rings is 1. The molecule has 0 saturated carbocycles. The maximum Gasteiger partial charge on any atom is 0.257 e. The molecule has 0 aliphatic rings. The summed E-state index contributed by atoms with van der Waals surface area (Å²) in [4.78, 5) is 20.3. The van der Waals surface area contributed by atoms with Crippen molar-refractivity contribution < 1.29 is 4.79 Å². The van der Waals surface area contributed by atoms with Crippen LogP contribution < -0.4 is 15.1 Å². The fourth-order valence-electron chi connectivity index (χ4n) is 1.85. The normalized spacial score (nSPS) is 10.1. The lowest BCUT2D eigenvalue weighted by Crippen LogP contribution is -2.15. The summed E-state index contributed by atoms with van der Waals surface area (Å²) in [6, 6.07) is 11.3. The predicted molar refractivity (Wildman–Crippen MR) is 87.3 cm³/mol. The highest BCUT2D eigenvalue weighted by atomic mass is 16.1. The third-order valence-electron chi connectivity index (χ3n) is 3.09. The van der Waals surface area contributed by atoms with Crippen LogP contribution in [-0.4, -0.2) is 39.1 Å². The van der Waals surface area contributed by atoms with Crippen molar-refractivity contribution in [2.45, 2.75) is 0 Å². The maximum absolute atomic E-state index is 12.2. The molecule has 0 aliphatic heterocycles. The Balaban J connectivity index is 2.12. The summed E-state index contributed by atoms with van der Waals surface area (Å²) in [5, 5.41) is 2.88. The number of rotatable bonds is 4. The number of nitrogens with one attached hydrogen (secondary N) is 1. The number of carbonyl (C=O) groups is 1. The molecule has 0 atom stereocenters. The zero-order chi connectivity index (χ0) is 15.4. The summed E-state index contributed by atoms with van der Waals surface area (Å²) in [6.07, 6.45) is 1.58. The zero-order valence-corrected chi connectivity index (χ0v) is 12.8. The Labute approximate surface area is 125 Å². The van der Waals surface area contributed by atoms with Gasteiger partial charge in [-0.2, -0.15) is 0 Å². The largest absolute Gasteiger partial charge is 0.378 e. The van der Waals surface area contributed by atoms with E-state index in [1.807, 2.05) is 68.3 Å². The van der Waals surface area contributed by atoms with Crippen LogP contribution >= 0.6 is 0 Å². The molecule has 1 N–H and O–H groups in total. The van der Waals surface area contributed by atoms with E-state index >= 15 is 0 Å². The van der Waals surface area contributed by atoms with Gasteiger partial charge < -0.3 is 15.1 Å². The zero-order valence-electron chi connectivity index (χ0n) is 12.8. The molecule has 5 heteroatoms. The number of amides is 1. The second kappa shape index (κ2) is 6.26. The fraction of sp³-hybridized carbons (Fsp3) is 0.250. The van der Waals surface area contributed by atoms with Crippen molar-refractivity contribution in [3.8, 4) is 0 Å². The van der Waals surface area contributed by atoms with Crippen LogP contribution in [-0.2, 0) is 0 Å². The molecule has 0 bridgehead atoms. The second-order valence-corrected chi connectivity index (χ2v) is 5.20. The molecule has 110 valence electrons. The van der Waals surface area contributed by atoms with E-state index in [2.05, 4.69) is 10.3 Å². The highest BCUT2D eigenvalue weighted by Gasteiger charge is 2.08. The lowest BCUT2D eigenvalue weighted by molar-refractivity contribution is 0.102. The van der Waals surface area contributed by atoms with Gasteiger partial charge in [-0.1, -0.05) is 6.07 Å². The SMILES string of the molecule is CN(C)c1cccc(NC(=O)c2ccc(N(C)C)nc2)c1. The molecular weight excluding hydrogens is 264 g/mol. The van der Waals surface area contributed by atoms with Crippen molar-refractivity contribution in [3.05, 3.63) is 48.2 Å². The van der Waals surface area contributed by atoms with E-state index in [4.69, 9.17) is 0 Å². The number of hydrogen-bond donors (Lipinski definition) is 1. The summed E-state index contributed by atoms with van der Waals surface area (Å²) in [7, 11) is 7.75. The molecule has 0 fully saturated rings. The Kier molecular flexibility index (Phi) is 4.42. The van der Waals surface area contributed by atoms with E-state index in [1.54, 1.807) is 12.3 Å². The second-order valence-electron chi connectivity index (χ2n) is 5.20. The molecule has 1 heterocycles. The monoisotopic (exact) mass is 284 g/mol. The third-order valence-corrected chi connectivity index (χ3v) is 3.09. The summed E-state index contributed by atoms with van der Waals surface area (Å²) < 4.78 is 0. The minimum absolute atomic E-state index is 0.163. The first-order valence-corrected chi connectivity index (χ1v) is 6.69. The molecule has 1 aromatic carbocycles. The molecular formula is C16H20N4O. The number of nitrogens with zero attached hydrogens (tertiary/aromatic N) is 3. The van der Waals surface area contributed by atoms with Crippen molar-refractivity contribution in [3.63, 3.8) is 0 Å². The van der Waals surface area contributed by atoms with Gasteiger partial charge in [0.25, 0.3) is 5.91 Å². The Hall–Kier alpha value is -2.56. The summed E-state index contributed by atoms with van der Waals surface area (Å²) in [6.45, 7) is 0. The van der Waals surface area contributed by atoms with Crippen LogP contribution in [0.4, 0.5) is 17.2 Å². The molecule has 0 unspecified atom stereocenters. The number of anilines is 3. The van der Waals surface area contributed by atoms with Crippen LogP contribution in [0.2, 0.25) is 0 Å². The average Bonchev–Trinajstić information content (AvgIpc) is 2.47. The van der Waals surface area contributed by atoms with Gasteiger partial charge >= 0.3 is 0 Å². The van der Waals surface area contributed by atoms with Crippen LogP contribution in [0.3, 0.4) is 0 Å². The summed E-state index contributed by atoms with van der Waals surface area (Å²) >= 11 is 0. The van der Waals surface area contributed by atoms with E-state index in [-0.39, 0.29) is 5.91 Å². The van der Waals surface area contributed by atoms with Gasteiger partial charge in [-0.3, -0.25) is 4.79 Å². The smallest absolute Gasteiger partial charge is 0.257 e. The van der Waals surface area contributed by atoms with E-state index < -0.39 is 0 Å². The Bertz CT molecular complexity index is 620. The van der Waals surface area contributed by atoms with E-state index in [0.717, 1.165) is 17.2 Å². The minimum atomic E-state index is -0.163. The van der Waals surface area contributed by atoms with E-state index in [9.17, 15) is 4.79 Å². The van der Waals surface area contributed by atoms with Gasteiger partial charge in [-0.05, 0) is 30.3 Å². The molecule has 21 heavy (non-hydrogen) atoms. The van der Waals surface area contributed by atoms with Gasteiger partial charge in [0, 0.05) is 45.8 Å². The van der Waals surface area contributed by atoms with Gasteiger partial charge in [-0.15, -0.1) is 0 Å². The lowest BCUT2D eigenvalue weighted by atomic mass is 10.2. The molecule has 1 aromatic heterocycles. The van der Waals surface area contributed by atoms with Crippen LogP contribution in [0.1, 0.15) is 10.4 Å². The molecule has 0 spiro atoms. The van der Waals surface area contributed by atoms with Crippen molar-refractivity contribution >= 4 is 23.1 Å². The van der Waals surface area contributed by atoms with Gasteiger partial charge in [0.05, 0.1) is 5.56 Å². The third kappa shape index (κ3) is 3.72. The predicted octanol–water partition coefficient (Wildman–Crippen LogP) is 2.47. The average molecular weight is 284 g/mol. The molecule has 5 nitrogen and oxygen atoms in total. The molecule has 0 saturated heterocycles. The van der Waals surface area contributed by atoms with E-state index in [1.165, 1.54) is 0 Å². The Morgan fingerprint density at radius 3 is 2.38 bits per heavy atom. The Morgan fingerprint density at radius 2 is 1.81 bits per heavy atom. The quantitative estimate of drug-likeness (QED) is 0.937. The van der Waals surface area contributed by atoms with Crippen LogP contribution in [0.5, 0.6) is 0 Å². The highest BCUT2D eigenvalue weighted by Crippen LogP contribution is 2.18. The number of pyridine rings is 1. The topological polar surface area (TPSA) is 48.5 Å². The van der Waals surface area contributed by atoms with Gasteiger partial charge in [0.2, 0.25) is 0 Å². The molecule has 0 aliphatic carbocycles.